The molecule has 1 heteroatoms. The molecule has 0 aliphatic heterocycles. The average molecular weight is 198 g/mol. The summed E-state index contributed by atoms with van der Waals surface area (Å²) in [6.07, 6.45) is 12.6. The van der Waals surface area contributed by atoms with Gasteiger partial charge in [-0.2, -0.15) is 0 Å². The molecule has 0 fully saturated rings. The van der Waals surface area contributed by atoms with E-state index in [2.05, 4.69) is 13.5 Å². The van der Waals surface area contributed by atoms with E-state index in [9.17, 15) is 5.11 Å². The zero-order valence-electron chi connectivity index (χ0n) is 9.67. The van der Waals surface area contributed by atoms with Gasteiger partial charge in [-0.05, 0) is 12.8 Å². The van der Waals surface area contributed by atoms with Gasteiger partial charge in [0.15, 0.2) is 0 Å². The Hall–Kier alpha value is -0.300. The first kappa shape index (κ1) is 13.7. The molecule has 0 aliphatic rings. The molecule has 0 amide bonds. The fourth-order valence-corrected chi connectivity index (χ4v) is 1.65. The van der Waals surface area contributed by atoms with Crippen molar-refractivity contribution in [2.75, 3.05) is 0 Å². The van der Waals surface area contributed by atoms with E-state index in [1.165, 1.54) is 44.9 Å². The van der Waals surface area contributed by atoms with Gasteiger partial charge in [-0.15, -0.1) is 6.58 Å². The second-order valence-electron chi connectivity index (χ2n) is 4.09. The largest absolute Gasteiger partial charge is 0.393 e. The zero-order valence-corrected chi connectivity index (χ0v) is 9.67. The van der Waals surface area contributed by atoms with Gasteiger partial charge in [0.2, 0.25) is 0 Å². The van der Waals surface area contributed by atoms with Crippen molar-refractivity contribution < 1.29 is 5.11 Å². The molecule has 0 heterocycles. The predicted octanol–water partition coefficient (Wildman–Crippen LogP) is 4.06. The molecule has 0 radical (unpaired) electrons. The molecule has 0 spiro atoms. The van der Waals surface area contributed by atoms with Gasteiger partial charge in [0, 0.05) is 0 Å². The summed E-state index contributed by atoms with van der Waals surface area (Å²) < 4.78 is 0. The van der Waals surface area contributed by atoms with Gasteiger partial charge in [-0.1, -0.05) is 57.9 Å². The van der Waals surface area contributed by atoms with E-state index < -0.39 is 0 Å². The van der Waals surface area contributed by atoms with Crippen LogP contribution in [0.4, 0.5) is 0 Å². The van der Waals surface area contributed by atoms with E-state index in [1.54, 1.807) is 6.08 Å². The predicted molar refractivity (Wildman–Crippen MR) is 63.4 cm³/mol. The highest BCUT2D eigenvalue weighted by Crippen LogP contribution is 2.10. The molecule has 0 saturated carbocycles. The van der Waals surface area contributed by atoms with Crippen molar-refractivity contribution in [1.29, 1.82) is 0 Å². The average Bonchev–Trinajstić information content (AvgIpc) is 2.17. The Balaban J connectivity index is 3.01. The SMILES string of the molecule is C=CC[C@H](O)CCCCCCCCC. The number of unbranched alkanes of at least 4 members (excludes halogenated alkanes) is 6. The van der Waals surface area contributed by atoms with Crippen molar-refractivity contribution in [3.05, 3.63) is 12.7 Å². The maximum absolute atomic E-state index is 9.42. The quantitative estimate of drug-likeness (QED) is 0.414. The summed E-state index contributed by atoms with van der Waals surface area (Å²) in [5, 5.41) is 9.42. The molecule has 1 atom stereocenters. The Kier molecular flexibility index (Phi) is 10.5. The van der Waals surface area contributed by atoms with Crippen LogP contribution in [0.3, 0.4) is 0 Å². The highest BCUT2D eigenvalue weighted by Gasteiger charge is 2.00. The van der Waals surface area contributed by atoms with Crippen molar-refractivity contribution in [3.8, 4) is 0 Å². The zero-order chi connectivity index (χ0) is 10.6. The van der Waals surface area contributed by atoms with Gasteiger partial charge < -0.3 is 5.11 Å². The van der Waals surface area contributed by atoms with Gasteiger partial charge in [0.1, 0.15) is 0 Å². The normalized spacial score (nSPS) is 12.7. The molecule has 0 saturated heterocycles. The topological polar surface area (TPSA) is 20.2 Å². The lowest BCUT2D eigenvalue weighted by Crippen LogP contribution is -2.03. The molecule has 0 aromatic carbocycles. The van der Waals surface area contributed by atoms with Gasteiger partial charge in [0.05, 0.1) is 6.10 Å². The first-order valence-electron chi connectivity index (χ1n) is 6.10. The second kappa shape index (κ2) is 10.8. The highest BCUT2D eigenvalue weighted by molar-refractivity contribution is 4.71. The molecule has 1 nitrogen and oxygen atoms in total. The number of aliphatic hydroxyl groups is 1. The Bertz CT molecular complexity index is 120. The minimum Gasteiger partial charge on any atom is -0.393 e. The third-order valence-corrected chi connectivity index (χ3v) is 2.58. The van der Waals surface area contributed by atoms with Crippen LogP contribution in [0.25, 0.3) is 0 Å². The molecule has 0 rings (SSSR count). The van der Waals surface area contributed by atoms with E-state index >= 15 is 0 Å². The molecule has 0 bridgehead atoms. The van der Waals surface area contributed by atoms with Crippen LogP contribution in [-0.2, 0) is 0 Å². The third-order valence-electron chi connectivity index (χ3n) is 2.58. The fourth-order valence-electron chi connectivity index (χ4n) is 1.65. The van der Waals surface area contributed by atoms with Crippen LogP contribution in [0.1, 0.15) is 64.7 Å². The van der Waals surface area contributed by atoms with E-state index in [-0.39, 0.29) is 6.10 Å². The molecule has 1 N–H and O–H groups in total. The number of rotatable bonds is 10. The van der Waals surface area contributed by atoms with Crippen LogP contribution in [0, 0.1) is 0 Å². The molecule has 0 aliphatic carbocycles. The van der Waals surface area contributed by atoms with E-state index in [0.717, 1.165) is 12.8 Å². The summed E-state index contributed by atoms with van der Waals surface area (Å²) in [7, 11) is 0. The van der Waals surface area contributed by atoms with Crippen LogP contribution >= 0.6 is 0 Å². The minimum absolute atomic E-state index is 0.150. The second-order valence-corrected chi connectivity index (χ2v) is 4.09. The number of hydrogen-bond acceptors (Lipinski definition) is 1. The van der Waals surface area contributed by atoms with Crippen molar-refractivity contribution in [3.63, 3.8) is 0 Å². The van der Waals surface area contributed by atoms with E-state index in [0.29, 0.717) is 0 Å². The van der Waals surface area contributed by atoms with Gasteiger partial charge in [-0.25, -0.2) is 0 Å². The summed E-state index contributed by atoms with van der Waals surface area (Å²) in [6, 6.07) is 0. The van der Waals surface area contributed by atoms with Crippen LogP contribution in [0.5, 0.6) is 0 Å². The minimum atomic E-state index is -0.150. The van der Waals surface area contributed by atoms with Crippen molar-refractivity contribution in [1.82, 2.24) is 0 Å². The summed E-state index contributed by atoms with van der Waals surface area (Å²) >= 11 is 0. The Morgan fingerprint density at radius 2 is 1.64 bits per heavy atom. The first-order valence-corrected chi connectivity index (χ1v) is 6.10. The van der Waals surface area contributed by atoms with E-state index in [4.69, 9.17) is 0 Å². The smallest absolute Gasteiger partial charge is 0.0574 e. The Labute approximate surface area is 89.2 Å². The lowest BCUT2D eigenvalue weighted by atomic mass is 10.1. The Morgan fingerprint density at radius 1 is 1.07 bits per heavy atom. The molecular weight excluding hydrogens is 172 g/mol. The highest BCUT2D eigenvalue weighted by atomic mass is 16.3. The Morgan fingerprint density at radius 3 is 2.21 bits per heavy atom. The fraction of sp³-hybridized carbons (Fsp3) is 0.846. The maximum atomic E-state index is 9.42. The van der Waals surface area contributed by atoms with Gasteiger partial charge >= 0.3 is 0 Å². The van der Waals surface area contributed by atoms with Crippen LogP contribution in [0.15, 0.2) is 12.7 Å². The van der Waals surface area contributed by atoms with Crippen molar-refractivity contribution in [2.45, 2.75) is 70.8 Å². The van der Waals surface area contributed by atoms with Crippen molar-refractivity contribution in [2.24, 2.45) is 0 Å². The van der Waals surface area contributed by atoms with Gasteiger partial charge in [-0.3, -0.25) is 0 Å². The summed E-state index contributed by atoms with van der Waals surface area (Å²) in [4.78, 5) is 0. The lowest BCUT2D eigenvalue weighted by Gasteiger charge is -2.06. The summed E-state index contributed by atoms with van der Waals surface area (Å²) in [5.74, 6) is 0. The molecule has 0 unspecified atom stereocenters. The lowest BCUT2D eigenvalue weighted by molar-refractivity contribution is 0.164. The number of aliphatic hydroxyl groups excluding tert-OH is 1. The maximum Gasteiger partial charge on any atom is 0.0574 e. The molecule has 0 aromatic heterocycles. The molecular formula is C13H26O. The van der Waals surface area contributed by atoms with E-state index in [1.807, 2.05) is 0 Å². The number of hydrogen-bond donors (Lipinski definition) is 1. The molecule has 14 heavy (non-hydrogen) atoms. The van der Waals surface area contributed by atoms with Crippen LogP contribution < -0.4 is 0 Å². The van der Waals surface area contributed by atoms with Crippen LogP contribution in [0.2, 0.25) is 0 Å². The molecule has 84 valence electrons. The summed E-state index contributed by atoms with van der Waals surface area (Å²) in [6.45, 7) is 5.86. The summed E-state index contributed by atoms with van der Waals surface area (Å²) in [5.41, 5.74) is 0. The van der Waals surface area contributed by atoms with Crippen LogP contribution in [-0.4, -0.2) is 11.2 Å². The third kappa shape index (κ3) is 9.79. The monoisotopic (exact) mass is 198 g/mol. The van der Waals surface area contributed by atoms with Gasteiger partial charge in [0.25, 0.3) is 0 Å². The standard InChI is InChI=1S/C13H26O/c1-3-5-6-7-8-9-10-12-13(14)11-4-2/h4,13-14H,2-3,5-12H2,1H3/t13-/m0/s1. The molecule has 0 aromatic rings. The van der Waals surface area contributed by atoms with Crippen molar-refractivity contribution >= 4 is 0 Å². The first-order chi connectivity index (χ1) is 6.81.